The number of guanidine groups is 1. The fraction of sp³-hybridized carbons (Fsp3) is 0.500. The van der Waals surface area contributed by atoms with E-state index in [1.807, 2.05) is 0 Å². The van der Waals surface area contributed by atoms with Gasteiger partial charge in [0.1, 0.15) is 0 Å². The Morgan fingerprint density at radius 2 is 1.89 bits per heavy atom. The van der Waals surface area contributed by atoms with Crippen LogP contribution in [0.25, 0.3) is 0 Å². The third-order valence-corrected chi connectivity index (χ3v) is 2.88. The summed E-state index contributed by atoms with van der Waals surface area (Å²) in [5, 5.41) is 6.59. The highest BCUT2D eigenvalue weighted by Gasteiger charge is 2.03. The van der Waals surface area contributed by atoms with E-state index in [4.69, 9.17) is 0 Å². The van der Waals surface area contributed by atoms with Crippen LogP contribution in [0.1, 0.15) is 17.5 Å². The first-order valence-corrected chi connectivity index (χ1v) is 6.49. The van der Waals surface area contributed by atoms with Gasteiger partial charge in [-0.05, 0) is 31.6 Å². The van der Waals surface area contributed by atoms with Gasteiger partial charge in [-0.25, -0.2) is 0 Å². The maximum absolute atomic E-state index is 4.39. The predicted octanol–water partition coefficient (Wildman–Crippen LogP) is 1.81. The molecule has 0 bridgehead atoms. The van der Waals surface area contributed by atoms with Gasteiger partial charge >= 0.3 is 0 Å². The SMILES string of the molecule is CN(C)Cc1ccc(CNC2=NCCCN2)cc1.I. The molecular formula is C14H23IN4. The number of halogens is 1. The van der Waals surface area contributed by atoms with Crippen molar-refractivity contribution in [2.45, 2.75) is 19.5 Å². The van der Waals surface area contributed by atoms with Gasteiger partial charge in [-0.2, -0.15) is 0 Å². The van der Waals surface area contributed by atoms with E-state index in [0.717, 1.165) is 38.6 Å². The van der Waals surface area contributed by atoms with Crippen molar-refractivity contribution in [1.82, 2.24) is 15.5 Å². The zero-order valence-corrected chi connectivity index (χ0v) is 14.0. The molecule has 0 saturated carbocycles. The minimum absolute atomic E-state index is 0. The molecule has 1 aromatic carbocycles. The summed E-state index contributed by atoms with van der Waals surface area (Å²) in [6.45, 7) is 3.76. The molecule has 1 aliphatic rings. The van der Waals surface area contributed by atoms with Crippen molar-refractivity contribution in [3.63, 3.8) is 0 Å². The number of hydrogen-bond donors (Lipinski definition) is 2. The average molecular weight is 374 g/mol. The molecule has 0 saturated heterocycles. The van der Waals surface area contributed by atoms with E-state index in [0.29, 0.717) is 0 Å². The predicted molar refractivity (Wildman–Crippen MR) is 91.0 cm³/mol. The summed E-state index contributed by atoms with van der Waals surface area (Å²) in [5.74, 6) is 0.929. The monoisotopic (exact) mass is 374 g/mol. The zero-order chi connectivity index (χ0) is 12.8. The lowest BCUT2D eigenvalue weighted by Crippen LogP contribution is -2.40. The molecule has 0 fully saturated rings. The van der Waals surface area contributed by atoms with Crippen molar-refractivity contribution in [2.24, 2.45) is 4.99 Å². The first-order chi connectivity index (χ1) is 8.74. The number of rotatable bonds is 4. The van der Waals surface area contributed by atoms with Gasteiger partial charge in [0, 0.05) is 26.2 Å². The van der Waals surface area contributed by atoms with Crippen molar-refractivity contribution in [3.05, 3.63) is 35.4 Å². The van der Waals surface area contributed by atoms with Crippen LogP contribution in [0.2, 0.25) is 0 Å². The van der Waals surface area contributed by atoms with E-state index in [9.17, 15) is 0 Å². The van der Waals surface area contributed by atoms with Crippen molar-refractivity contribution in [2.75, 3.05) is 27.2 Å². The second-order valence-electron chi connectivity index (χ2n) is 4.92. The van der Waals surface area contributed by atoms with Crippen molar-refractivity contribution >= 4 is 29.9 Å². The molecule has 0 amide bonds. The molecule has 19 heavy (non-hydrogen) atoms. The van der Waals surface area contributed by atoms with Crippen LogP contribution in [-0.2, 0) is 13.1 Å². The Hall–Kier alpha value is -0.820. The number of nitrogens with one attached hydrogen (secondary N) is 2. The van der Waals surface area contributed by atoms with Crippen molar-refractivity contribution in [1.29, 1.82) is 0 Å². The molecule has 1 aliphatic heterocycles. The molecular weight excluding hydrogens is 351 g/mol. The Morgan fingerprint density at radius 1 is 1.21 bits per heavy atom. The summed E-state index contributed by atoms with van der Waals surface area (Å²) in [6.07, 6.45) is 1.13. The molecule has 106 valence electrons. The Bertz CT molecular complexity index is 400. The van der Waals surface area contributed by atoms with E-state index in [1.54, 1.807) is 0 Å². The second-order valence-corrected chi connectivity index (χ2v) is 4.92. The Kier molecular flexibility index (Phi) is 7.15. The number of hydrogen-bond acceptors (Lipinski definition) is 4. The van der Waals surface area contributed by atoms with Gasteiger partial charge < -0.3 is 15.5 Å². The number of benzene rings is 1. The van der Waals surface area contributed by atoms with Crippen LogP contribution in [-0.4, -0.2) is 38.0 Å². The summed E-state index contributed by atoms with van der Waals surface area (Å²) >= 11 is 0. The van der Waals surface area contributed by atoms with Gasteiger partial charge in [0.15, 0.2) is 5.96 Å². The highest BCUT2D eigenvalue weighted by atomic mass is 127. The largest absolute Gasteiger partial charge is 0.356 e. The fourth-order valence-corrected chi connectivity index (χ4v) is 1.96. The van der Waals surface area contributed by atoms with Gasteiger partial charge in [0.2, 0.25) is 0 Å². The van der Waals surface area contributed by atoms with Crippen LogP contribution in [0.15, 0.2) is 29.3 Å². The molecule has 2 N–H and O–H groups in total. The lowest BCUT2D eigenvalue weighted by atomic mass is 10.1. The molecule has 0 aliphatic carbocycles. The van der Waals surface area contributed by atoms with Crippen LogP contribution in [0, 0.1) is 0 Å². The Labute approximate surface area is 132 Å². The lowest BCUT2D eigenvalue weighted by Gasteiger charge is -2.16. The van der Waals surface area contributed by atoms with Crippen molar-refractivity contribution in [3.8, 4) is 0 Å². The number of aliphatic imine (C=N–C) groups is 1. The quantitative estimate of drug-likeness (QED) is 0.790. The van der Waals surface area contributed by atoms with Gasteiger partial charge in [-0.3, -0.25) is 4.99 Å². The smallest absolute Gasteiger partial charge is 0.191 e. The van der Waals surface area contributed by atoms with Gasteiger partial charge in [0.05, 0.1) is 0 Å². The van der Waals surface area contributed by atoms with Crippen LogP contribution >= 0.6 is 24.0 Å². The van der Waals surface area contributed by atoms with Gasteiger partial charge in [0.25, 0.3) is 0 Å². The summed E-state index contributed by atoms with van der Waals surface area (Å²) in [4.78, 5) is 6.56. The minimum Gasteiger partial charge on any atom is -0.356 e. The highest BCUT2D eigenvalue weighted by molar-refractivity contribution is 14.0. The molecule has 0 unspecified atom stereocenters. The first kappa shape index (κ1) is 16.2. The lowest BCUT2D eigenvalue weighted by molar-refractivity contribution is 0.402. The second kappa shape index (κ2) is 8.37. The van der Waals surface area contributed by atoms with E-state index < -0.39 is 0 Å². The summed E-state index contributed by atoms with van der Waals surface area (Å²) < 4.78 is 0. The molecule has 0 atom stereocenters. The van der Waals surface area contributed by atoms with Crippen LogP contribution in [0.4, 0.5) is 0 Å². The maximum atomic E-state index is 4.39. The zero-order valence-electron chi connectivity index (χ0n) is 11.6. The van der Waals surface area contributed by atoms with E-state index in [-0.39, 0.29) is 24.0 Å². The molecule has 0 spiro atoms. The topological polar surface area (TPSA) is 39.7 Å². The normalized spacial score (nSPS) is 14.4. The Balaban J connectivity index is 0.00000180. The standard InChI is InChI=1S/C14H22N4.HI/c1-18(2)11-13-6-4-12(5-7-13)10-17-14-15-8-3-9-16-14;/h4-7H,3,8-11H2,1-2H3,(H2,15,16,17);1H. The minimum atomic E-state index is 0. The summed E-state index contributed by atoms with van der Waals surface area (Å²) in [7, 11) is 4.17. The molecule has 1 aromatic rings. The van der Waals surface area contributed by atoms with Gasteiger partial charge in [-0.15, -0.1) is 24.0 Å². The first-order valence-electron chi connectivity index (χ1n) is 6.49. The van der Waals surface area contributed by atoms with E-state index >= 15 is 0 Å². The molecule has 0 aromatic heterocycles. The van der Waals surface area contributed by atoms with Crippen LogP contribution in [0.5, 0.6) is 0 Å². The van der Waals surface area contributed by atoms with Crippen LogP contribution < -0.4 is 10.6 Å². The molecule has 5 heteroatoms. The summed E-state index contributed by atoms with van der Waals surface area (Å²) in [5.41, 5.74) is 2.63. The average Bonchev–Trinajstić information content (AvgIpc) is 2.38. The Morgan fingerprint density at radius 3 is 2.47 bits per heavy atom. The van der Waals surface area contributed by atoms with Gasteiger partial charge in [-0.1, -0.05) is 24.3 Å². The van der Waals surface area contributed by atoms with E-state index in [2.05, 4.69) is 58.9 Å². The molecule has 1 heterocycles. The maximum Gasteiger partial charge on any atom is 0.191 e. The van der Waals surface area contributed by atoms with Crippen LogP contribution in [0.3, 0.4) is 0 Å². The fourth-order valence-electron chi connectivity index (χ4n) is 1.96. The van der Waals surface area contributed by atoms with E-state index in [1.165, 1.54) is 11.1 Å². The summed E-state index contributed by atoms with van der Waals surface area (Å²) in [6, 6.07) is 8.73. The molecule has 2 rings (SSSR count). The molecule has 0 radical (unpaired) electrons. The molecule has 4 nitrogen and oxygen atoms in total. The third-order valence-electron chi connectivity index (χ3n) is 2.88. The third kappa shape index (κ3) is 5.78. The number of nitrogens with zero attached hydrogens (tertiary/aromatic N) is 2. The van der Waals surface area contributed by atoms with Crippen molar-refractivity contribution < 1.29 is 0 Å². The highest BCUT2D eigenvalue weighted by Crippen LogP contribution is 2.06.